The number of hydrogen-bond donors (Lipinski definition) is 1. The highest BCUT2D eigenvalue weighted by Crippen LogP contribution is 2.49. The van der Waals surface area contributed by atoms with Crippen molar-refractivity contribution in [2.45, 2.75) is 17.8 Å². The Morgan fingerprint density at radius 1 is 1.61 bits per heavy atom. The summed E-state index contributed by atoms with van der Waals surface area (Å²) in [6.45, 7) is 0.858. The fourth-order valence-electron chi connectivity index (χ4n) is 2.28. The van der Waals surface area contributed by atoms with Crippen LogP contribution in [0.15, 0.2) is 16.4 Å². The number of carbonyl (C=O) groups is 4. The second kappa shape index (κ2) is 6.11. The van der Waals surface area contributed by atoms with Crippen molar-refractivity contribution >= 4 is 46.5 Å². The van der Waals surface area contributed by atoms with E-state index >= 15 is 0 Å². The lowest BCUT2D eigenvalue weighted by atomic mass is 9.88. The highest BCUT2D eigenvalue weighted by atomic mass is 35.5. The largest absolute Gasteiger partial charge is 0.477 e. The number of azide groups is 1. The number of nitrogens with zero attached hydrogens (tertiary/aromatic N) is 4. The Kier molecular flexibility index (Phi) is 4.55. The molecule has 2 heterocycles. The van der Waals surface area contributed by atoms with Crippen LogP contribution in [-0.2, 0) is 23.9 Å². The molecule has 0 aromatic rings. The Morgan fingerprint density at radius 2 is 2.26 bits per heavy atom. The van der Waals surface area contributed by atoms with Crippen LogP contribution in [0, 0.1) is 0 Å². The average Bonchev–Trinajstić information content (AvgIpc) is 2.48. The lowest BCUT2D eigenvalue weighted by Gasteiger charge is -2.53. The molecule has 1 amide bonds. The third kappa shape index (κ3) is 2.52. The number of fused-ring (bicyclic) bond motifs is 1. The van der Waals surface area contributed by atoms with Crippen molar-refractivity contribution < 1.29 is 29.0 Å². The summed E-state index contributed by atoms with van der Waals surface area (Å²) in [6, 6.07) is 0. The van der Waals surface area contributed by atoms with Crippen molar-refractivity contribution in [2.24, 2.45) is 5.11 Å². The van der Waals surface area contributed by atoms with Gasteiger partial charge >= 0.3 is 11.9 Å². The van der Waals surface area contributed by atoms with Gasteiger partial charge in [-0.05, 0) is 17.1 Å². The smallest absolute Gasteiger partial charge is 0.352 e. The van der Waals surface area contributed by atoms with Crippen LogP contribution >= 0.6 is 23.4 Å². The minimum Gasteiger partial charge on any atom is -0.477 e. The van der Waals surface area contributed by atoms with Gasteiger partial charge in [0, 0.05) is 23.2 Å². The van der Waals surface area contributed by atoms with Gasteiger partial charge in [0.2, 0.25) is 10.8 Å². The predicted octanol–water partition coefficient (Wildman–Crippen LogP) is 0.618. The monoisotopic (exact) mass is 360 g/mol. The number of β-lactam (4-membered cyclic amide) rings is 1. The van der Waals surface area contributed by atoms with E-state index in [0.717, 1.165) is 23.6 Å². The first-order chi connectivity index (χ1) is 10.8. The fourth-order valence-corrected chi connectivity index (χ4v) is 4.00. The molecule has 0 radical (unpaired) electrons. The maximum Gasteiger partial charge on any atom is 0.352 e. The van der Waals surface area contributed by atoms with Gasteiger partial charge in [-0.1, -0.05) is 5.11 Å². The first kappa shape index (κ1) is 17.1. The molecule has 1 saturated heterocycles. The molecule has 2 rings (SSSR count). The Labute approximate surface area is 138 Å². The van der Waals surface area contributed by atoms with Crippen molar-refractivity contribution in [1.82, 2.24) is 4.90 Å². The number of hydrogen-bond acceptors (Lipinski definition) is 7. The molecule has 23 heavy (non-hydrogen) atoms. The molecule has 0 spiro atoms. The van der Waals surface area contributed by atoms with Crippen molar-refractivity contribution in [3.8, 4) is 0 Å². The van der Waals surface area contributed by atoms with E-state index in [0.29, 0.717) is 0 Å². The van der Waals surface area contributed by atoms with Crippen LogP contribution in [0.4, 0.5) is 0 Å². The van der Waals surface area contributed by atoms with Gasteiger partial charge in [0.05, 0.1) is 0 Å². The summed E-state index contributed by atoms with van der Waals surface area (Å²) in [5, 5.41) is 10.3. The number of aliphatic carboxylic acids is 1. The van der Waals surface area contributed by atoms with E-state index in [1.807, 2.05) is 0 Å². The molecule has 1 N–H and O–H groups in total. The van der Waals surface area contributed by atoms with E-state index in [-0.39, 0.29) is 17.9 Å². The molecule has 0 aromatic carbocycles. The summed E-state index contributed by atoms with van der Waals surface area (Å²) in [5.74, 6) is -2.99. The standard InChI is InChI=1S/C11H9ClN4O6S/c1-4(17)22-2-5-3-23-10-11(8(12)20,14-15-13)9(21)16(10)6(5)7(18)19/h10H,2-3H2,1H3,(H,18,19)/t10-,11?/m0/s1. The topological polar surface area (TPSA) is 150 Å². The van der Waals surface area contributed by atoms with Gasteiger partial charge in [-0.25, -0.2) is 4.79 Å². The van der Waals surface area contributed by atoms with Crippen LogP contribution in [0.2, 0.25) is 0 Å². The maximum atomic E-state index is 12.3. The van der Waals surface area contributed by atoms with Gasteiger partial charge in [0.1, 0.15) is 17.7 Å². The Balaban J connectivity index is 2.44. The number of thioether (sulfide) groups is 1. The molecule has 0 aliphatic carbocycles. The SMILES string of the molecule is CC(=O)OCC1=C(C(=O)O)N2C(=O)C(N=[N+]=[N-])(C(=O)Cl)[C@@H]2SC1. The summed E-state index contributed by atoms with van der Waals surface area (Å²) in [6.07, 6.45) is 0. The van der Waals surface area contributed by atoms with E-state index in [1.165, 1.54) is 0 Å². The van der Waals surface area contributed by atoms with Gasteiger partial charge in [0.15, 0.2) is 0 Å². The highest BCUT2D eigenvalue weighted by Gasteiger charge is 2.68. The summed E-state index contributed by atoms with van der Waals surface area (Å²) in [7, 11) is 0. The molecule has 0 aromatic heterocycles. The first-order valence-corrected chi connectivity index (χ1v) is 7.50. The number of amides is 1. The van der Waals surface area contributed by atoms with Gasteiger partial charge in [0.25, 0.3) is 5.91 Å². The number of esters is 1. The number of rotatable bonds is 5. The van der Waals surface area contributed by atoms with E-state index < -0.39 is 39.7 Å². The molecule has 1 unspecified atom stereocenters. The number of carbonyl (C=O) groups excluding carboxylic acids is 3. The van der Waals surface area contributed by atoms with Gasteiger partial charge < -0.3 is 9.84 Å². The molecule has 122 valence electrons. The van der Waals surface area contributed by atoms with Crippen LogP contribution < -0.4 is 0 Å². The van der Waals surface area contributed by atoms with Crippen LogP contribution in [-0.4, -0.2) is 56.4 Å². The number of ether oxygens (including phenoxy) is 1. The first-order valence-electron chi connectivity index (χ1n) is 6.07. The molecule has 2 aliphatic rings. The lowest BCUT2D eigenvalue weighted by molar-refractivity contribution is -0.157. The Morgan fingerprint density at radius 3 is 2.74 bits per heavy atom. The van der Waals surface area contributed by atoms with Gasteiger partial charge in [-0.3, -0.25) is 19.3 Å². The molecule has 1 fully saturated rings. The third-order valence-corrected chi connectivity index (χ3v) is 4.95. The van der Waals surface area contributed by atoms with Crippen LogP contribution in [0.5, 0.6) is 0 Å². The number of halogens is 1. The minimum atomic E-state index is -2.16. The summed E-state index contributed by atoms with van der Waals surface area (Å²) >= 11 is 6.39. The van der Waals surface area contributed by atoms with Gasteiger partial charge in [-0.2, -0.15) is 0 Å². The van der Waals surface area contributed by atoms with Crippen molar-refractivity contribution in [3.63, 3.8) is 0 Å². The molecule has 0 bridgehead atoms. The number of carboxylic acid groups (broad SMARTS) is 1. The molecular weight excluding hydrogens is 352 g/mol. The normalized spacial score (nSPS) is 25.9. The molecule has 2 atom stereocenters. The zero-order valence-corrected chi connectivity index (χ0v) is 13.1. The second-order valence-corrected chi connectivity index (χ2v) is 6.02. The maximum absolute atomic E-state index is 12.3. The van der Waals surface area contributed by atoms with Crippen LogP contribution in [0.1, 0.15) is 6.92 Å². The average molecular weight is 361 g/mol. The van der Waals surface area contributed by atoms with E-state index in [9.17, 15) is 24.3 Å². The van der Waals surface area contributed by atoms with Crippen molar-refractivity contribution in [2.75, 3.05) is 12.4 Å². The predicted molar refractivity (Wildman–Crippen MR) is 77.1 cm³/mol. The zero-order valence-electron chi connectivity index (χ0n) is 11.6. The van der Waals surface area contributed by atoms with Crippen molar-refractivity contribution in [1.29, 1.82) is 0 Å². The second-order valence-electron chi connectivity index (χ2n) is 4.61. The zero-order chi connectivity index (χ0) is 17.4. The highest BCUT2D eigenvalue weighted by molar-refractivity contribution is 8.00. The van der Waals surface area contributed by atoms with Crippen molar-refractivity contribution in [3.05, 3.63) is 21.7 Å². The molecule has 12 heteroatoms. The molecule has 10 nitrogen and oxygen atoms in total. The molecule has 0 saturated carbocycles. The lowest BCUT2D eigenvalue weighted by Crippen LogP contribution is -2.75. The molecule has 2 aliphatic heterocycles. The fraction of sp³-hybridized carbons (Fsp3) is 0.455. The van der Waals surface area contributed by atoms with E-state index in [1.54, 1.807) is 0 Å². The van der Waals surface area contributed by atoms with Crippen LogP contribution in [0.25, 0.3) is 10.4 Å². The Bertz CT molecular complexity index is 699. The summed E-state index contributed by atoms with van der Waals surface area (Å²) < 4.78 is 4.77. The quantitative estimate of drug-likeness (QED) is 0.143. The van der Waals surface area contributed by atoms with E-state index in [4.69, 9.17) is 21.9 Å². The minimum absolute atomic E-state index is 0.0657. The van der Waals surface area contributed by atoms with Gasteiger partial charge in [-0.15, -0.1) is 11.8 Å². The summed E-state index contributed by atoms with van der Waals surface area (Å²) in [4.78, 5) is 49.5. The van der Waals surface area contributed by atoms with Crippen LogP contribution in [0.3, 0.4) is 0 Å². The molecular formula is C11H9ClN4O6S. The third-order valence-electron chi connectivity index (χ3n) is 3.28. The number of carboxylic acids is 1. The summed E-state index contributed by atoms with van der Waals surface area (Å²) in [5.41, 5.74) is 6.21. The van der Waals surface area contributed by atoms with E-state index in [2.05, 4.69) is 10.0 Å². The Hall–Kier alpha value is -2.23.